The average Bonchev–Trinajstić information content (AvgIpc) is 3.34. The fraction of sp³-hybridized carbons (Fsp3) is 0.409. The van der Waals surface area contributed by atoms with E-state index in [1.54, 1.807) is 26.4 Å². The van der Waals surface area contributed by atoms with Gasteiger partial charge in [-0.25, -0.2) is 0 Å². The molecule has 2 aromatic carbocycles. The standard InChI is InChI=1S/C22H26N2O4/c1-26-19-8-16(22(25)24-12-17-10-23-11-18(17)13-24)9-20(27-2)21(19)28-14-15-6-4-3-5-7-15/h3-9,17-18,23H,10-14H2,1-2H3/t17-,18+. The highest BCUT2D eigenvalue weighted by Gasteiger charge is 2.38. The largest absolute Gasteiger partial charge is 0.493 e. The van der Waals surface area contributed by atoms with E-state index in [0.29, 0.717) is 41.3 Å². The summed E-state index contributed by atoms with van der Waals surface area (Å²) < 4.78 is 17.0. The topological polar surface area (TPSA) is 60.0 Å². The zero-order chi connectivity index (χ0) is 19.5. The molecule has 0 bridgehead atoms. The highest BCUT2D eigenvalue weighted by Crippen LogP contribution is 2.40. The Morgan fingerprint density at radius 3 is 2.21 bits per heavy atom. The second kappa shape index (κ2) is 8.10. The predicted molar refractivity (Wildman–Crippen MR) is 106 cm³/mol. The molecule has 0 aliphatic carbocycles. The van der Waals surface area contributed by atoms with E-state index in [2.05, 4.69) is 5.32 Å². The summed E-state index contributed by atoms with van der Waals surface area (Å²) in [6.07, 6.45) is 0. The third kappa shape index (κ3) is 3.64. The molecule has 6 heteroatoms. The van der Waals surface area contributed by atoms with Gasteiger partial charge in [-0.1, -0.05) is 30.3 Å². The lowest BCUT2D eigenvalue weighted by Crippen LogP contribution is -2.31. The molecule has 2 aromatic rings. The number of fused-ring (bicyclic) bond motifs is 1. The molecule has 1 N–H and O–H groups in total. The van der Waals surface area contributed by atoms with Crippen LogP contribution in [-0.2, 0) is 6.61 Å². The van der Waals surface area contributed by atoms with E-state index in [-0.39, 0.29) is 5.91 Å². The molecule has 4 rings (SSSR count). The Labute approximate surface area is 165 Å². The SMILES string of the molecule is COc1cc(C(=O)N2C[C@H]3CNC[C@H]3C2)cc(OC)c1OCc1ccccc1. The predicted octanol–water partition coefficient (Wildman–Crippen LogP) is 2.57. The van der Waals surface area contributed by atoms with E-state index in [9.17, 15) is 4.79 Å². The highest BCUT2D eigenvalue weighted by molar-refractivity contribution is 5.96. The zero-order valence-corrected chi connectivity index (χ0v) is 16.3. The van der Waals surface area contributed by atoms with Gasteiger partial charge in [-0.15, -0.1) is 0 Å². The summed E-state index contributed by atoms with van der Waals surface area (Å²) in [5.74, 6) is 2.63. The zero-order valence-electron chi connectivity index (χ0n) is 16.3. The first-order valence-electron chi connectivity index (χ1n) is 9.62. The van der Waals surface area contributed by atoms with Crippen LogP contribution in [0.15, 0.2) is 42.5 Å². The number of carbonyl (C=O) groups excluding carboxylic acids is 1. The molecule has 2 fully saturated rings. The summed E-state index contributed by atoms with van der Waals surface area (Å²) in [7, 11) is 3.15. The summed E-state index contributed by atoms with van der Waals surface area (Å²) in [5, 5.41) is 3.40. The van der Waals surface area contributed by atoms with Gasteiger partial charge in [0.15, 0.2) is 11.5 Å². The van der Waals surface area contributed by atoms with Crippen LogP contribution < -0.4 is 19.5 Å². The van der Waals surface area contributed by atoms with Gasteiger partial charge in [0.1, 0.15) is 6.61 Å². The molecule has 2 atom stereocenters. The van der Waals surface area contributed by atoms with Gasteiger partial charge >= 0.3 is 0 Å². The smallest absolute Gasteiger partial charge is 0.254 e. The third-order valence-electron chi connectivity index (χ3n) is 5.61. The molecule has 6 nitrogen and oxygen atoms in total. The number of methoxy groups -OCH3 is 2. The van der Waals surface area contributed by atoms with Crippen LogP contribution in [0.1, 0.15) is 15.9 Å². The number of nitrogens with one attached hydrogen (secondary N) is 1. The summed E-state index contributed by atoms with van der Waals surface area (Å²) in [6.45, 7) is 3.98. The van der Waals surface area contributed by atoms with Crippen molar-refractivity contribution < 1.29 is 19.0 Å². The number of likely N-dealkylation sites (tertiary alicyclic amines) is 1. The second-order valence-corrected chi connectivity index (χ2v) is 7.37. The lowest BCUT2D eigenvalue weighted by atomic mass is 10.0. The molecule has 0 unspecified atom stereocenters. The van der Waals surface area contributed by atoms with Crippen LogP contribution in [0.5, 0.6) is 17.2 Å². The first-order chi connectivity index (χ1) is 13.7. The van der Waals surface area contributed by atoms with E-state index >= 15 is 0 Å². The van der Waals surface area contributed by atoms with Gasteiger partial charge in [-0.3, -0.25) is 4.79 Å². The summed E-state index contributed by atoms with van der Waals surface area (Å²) >= 11 is 0. The molecule has 0 spiro atoms. The van der Waals surface area contributed by atoms with Crippen LogP contribution in [0, 0.1) is 11.8 Å². The van der Waals surface area contributed by atoms with Gasteiger partial charge in [-0.05, 0) is 29.5 Å². The molecule has 0 radical (unpaired) electrons. The van der Waals surface area contributed by atoms with Crippen molar-refractivity contribution in [3.63, 3.8) is 0 Å². The number of hydrogen-bond donors (Lipinski definition) is 1. The van der Waals surface area contributed by atoms with Gasteiger partial charge in [0.25, 0.3) is 5.91 Å². The molecule has 2 saturated heterocycles. The molecular weight excluding hydrogens is 356 g/mol. The van der Waals surface area contributed by atoms with Crippen molar-refractivity contribution in [1.82, 2.24) is 10.2 Å². The quantitative estimate of drug-likeness (QED) is 0.832. The Kier molecular flexibility index (Phi) is 5.39. The maximum absolute atomic E-state index is 13.1. The molecular formula is C22H26N2O4. The third-order valence-corrected chi connectivity index (χ3v) is 5.61. The Morgan fingerprint density at radius 2 is 1.64 bits per heavy atom. The molecule has 2 aliphatic heterocycles. The molecule has 0 aromatic heterocycles. The number of nitrogens with zero attached hydrogens (tertiary/aromatic N) is 1. The lowest BCUT2D eigenvalue weighted by molar-refractivity contribution is 0.0780. The van der Waals surface area contributed by atoms with E-state index in [4.69, 9.17) is 14.2 Å². The molecule has 28 heavy (non-hydrogen) atoms. The minimum atomic E-state index is 0.0145. The summed E-state index contributed by atoms with van der Waals surface area (Å²) in [6, 6.07) is 13.4. The molecule has 0 saturated carbocycles. The van der Waals surface area contributed by atoms with Crippen molar-refractivity contribution in [3.8, 4) is 17.2 Å². The number of amides is 1. The van der Waals surface area contributed by atoms with E-state index in [1.807, 2.05) is 35.2 Å². The fourth-order valence-corrected chi connectivity index (χ4v) is 4.08. The second-order valence-electron chi connectivity index (χ2n) is 7.37. The van der Waals surface area contributed by atoms with Gasteiger partial charge in [0.05, 0.1) is 14.2 Å². The van der Waals surface area contributed by atoms with Crippen LogP contribution >= 0.6 is 0 Å². The van der Waals surface area contributed by atoms with Crippen molar-refractivity contribution in [2.45, 2.75) is 6.61 Å². The van der Waals surface area contributed by atoms with Crippen LogP contribution in [0.4, 0.5) is 0 Å². The number of rotatable bonds is 6. The maximum atomic E-state index is 13.1. The van der Waals surface area contributed by atoms with Gasteiger partial charge < -0.3 is 24.4 Å². The first-order valence-corrected chi connectivity index (χ1v) is 9.62. The summed E-state index contributed by atoms with van der Waals surface area (Å²) in [4.78, 5) is 15.0. The minimum Gasteiger partial charge on any atom is -0.493 e. The van der Waals surface area contributed by atoms with Crippen LogP contribution in [0.2, 0.25) is 0 Å². The number of ether oxygens (including phenoxy) is 3. The number of hydrogen-bond acceptors (Lipinski definition) is 5. The van der Waals surface area contributed by atoms with Crippen LogP contribution in [0.25, 0.3) is 0 Å². The van der Waals surface area contributed by atoms with Crippen LogP contribution in [-0.4, -0.2) is 51.2 Å². The van der Waals surface area contributed by atoms with Crippen molar-refractivity contribution >= 4 is 5.91 Å². The monoisotopic (exact) mass is 382 g/mol. The maximum Gasteiger partial charge on any atom is 0.254 e. The van der Waals surface area contributed by atoms with E-state index < -0.39 is 0 Å². The van der Waals surface area contributed by atoms with Gasteiger partial charge in [0.2, 0.25) is 5.75 Å². The lowest BCUT2D eigenvalue weighted by Gasteiger charge is -2.20. The van der Waals surface area contributed by atoms with E-state index in [1.165, 1.54) is 0 Å². The van der Waals surface area contributed by atoms with Crippen molar-refractivity contribution in [2.75, 3.05) is 40.4 Å². The molecule has 2 aliphatic rings. The van der Waals surface area contributed by atoms with E-state index in [0.717, 1.165) is 31.7 Å². The number of benzene rings is 2. The Bertz CT molecular complexity index is 803. The summed E-state index contributed by atoms with van der Waals surface area (Å²) in [5.41, 5.74) is 1.61. The first kappa shape index (κ1) is 18.6. The molecule has 2 heterocycles. The highest BCUT2D eigenvalue weighted by atomic mass is 16.5. The van der Waals surface area contributed by atoms with Crippen molar-refractivity contribution in [1.29, 1.82) is 0 Å². The van der Waals surface area contributed by atoms with Gasteiger partial charge in [-0.2, -0.15) is 0 Å². The molecule has 1 amide bonds. The van der Waals surface area contributed by atoms with Crippen LogP contribution in [0.3, 0.4) is 0 Å². The fourth-order valence-electron chi connectivity index (χ4n) is 4.08. The number of carbonyl (C=O) groups is 1. The van der Waals surface area contributed by atoms with Gasteiger partial charge in [0, 0.05) is 31.7 Å². The van der Waals surface area contributed by atoms with Crippen molar-refractivity contribution in [2.24, 2.45) is 11.8 Å². The Hall–Kier alpha value is -2.73. The molecule has 148 valence electrons. The normalized spacial score (nSPS) is 20.7. The minimum absolute atomic E-state index is 0.0145. The Morgan fingerprint density at radius 1 is 1.04 bits per heavy atom. The average molecular weight is 382 g/mol. The Balaban J connectivity index is 1.55. The van der Waals surface area contributed by atoms with Crippen molar-refractivity contribution in [3.05, 3.63) is 53.6 Å².